The summed E-state index contributed by atoms with van der Waals surface area (Å²) in [5.41, 5.74) is 0.598. The highest BCUT2D eigenvalue weighted by Crippen LogP contribution is 2.14. The predicted octanol–water partition coefficient (Wildman–Crippen LogP) is 3.30. The highest BCUT2D eigenvalue weighted by atomic mass is 19.1. The van der Waals surface area contributed by atoms with Crippen molar-refractivity contribution in [3.8, 4) is 0 Å². The van der Waals surface area contributed by atoms with Crippen LogP contribution in [0.2, 0.25) is 0 Å². The normalized spacial score (nSPS) is 13.1. The average Bonchev–Trinajstić information content (AvgIpc) is 2.12. The van der Waals surface area contributed by atoms with Crippen LogP contribution >= 0.6 is 0 Å². The Morgan fingerprint density at radius 2 is 1.69 bits per heavy atom. The van der Waals surface area contributed by atoms with E-state index < -0.39 is 17.7 Å². The third kappa shape index (κ3) is 4.71. The van der Waals surface area contributed by atoms with Crippen LogP contribution in [0.5, 0.6) is 0 Å². The van der Waals surface area contributed by atoms with Gasteiger partial charge in [0.2, 0.25) is 0 Å². The number of rotatable bonds is 5. The summed E-state index contributed by atoms with van der Waals surface area (Å²) in [7, 11) is 0. The molecule has 90 valence electrons. The van der Waals surface area contributed by atoms with Gasteiger partial charge in [-0.15, -0.1) is 0 Å². The van der Waals surface area contributed by atoms with Crippen molar-refractivity contribution in [1.82, 2.24) is 0 Å². The Kier molecular flexibility index (Phi) is 4.87. The summed E-state index contributed by atoms with van der Waals surface area (Å²) in [5.74, 6) is -0.694. The van der Waals surface area contributed by atoms with Crippen molar-refractivity contribution in [2.24, 2.45) is 5.92 Å². The molecular formula is C13H18F2O. The number of benzene rings is 1. The van der Waals surface area contributed by atoms with Gasteiger partial charge in [-0.1, -0.05) is 13.8 Å². The first-order valence-electron chi connectivity index (χ1n) is 5.60. The average molecular weight is 228 g/mol. The number of aryl methyl sites for hydroxylation is 1. The van der Waals surface area contributed by atoms with E-state index in [-0.39, 0.29) is 0 Å². The van der Waals surface area contributed by atoms with Crippen LogP contribution in [0, 0.1) is 17.6 Å². The summed E-state index contributed by atoms with van der Waals surface area (Å²) < 4.78 is 25.7. The molecule has 1 aromatic carbocycles. The van der Waals surface area contributed by atoms with Crippen LogP contribution in [0.4, 0.5) is 8.78 Å². The van der Waals surface area contributed by atoms with Crippen molar-refractivity contribution in [1.29, 1.82) is 0 Å². The molecule has 0 saturated carbocycles. The largest absolute Gasteiger partial charge is 0.393 e. The zero-order valence-corrected chi connectivity index (χ0v) is 9.71. The Morgan fingerprint density at radius 1 is 1.12 bits per heavy atom. The maximum absolute atomic E-state index is 12.9. The standard InChI is InChI=1S/C13H18F2O/c1-9(2)5-13(16)4-3-10-6-11(14)8-12(15)7-10/h6-9,13,16H,3-5H2,1-2H3. The van der Waals surface area contributed by atoms with Gasteiger partial charge in [-0.25, -0.2) is 8.78 Å². The van der Waals surface area contributed by atoms with E-state index in [2.05, 4.69) is 0 Å². The number of halogens is 2. The van der Waals surface area contributed by atoms with E-state index in [0.717, 1.165) is 12.5 Å². The Balaban J connectivity index is 2.48. The number of aliphatic hydroxyl groups excluding tert-OH is 1. The summed E-state index contributed by atoms with van der Waals surface area (Å²) in [6, 6.07) is 3.48. The van der Waals surface area contributed by atoms with Crippen molar-refractivity contribution in [2.45, 2.75) is 39.2 Å². The molecule has 0 amide bonds. The first kappa shape index (κ1) is 13.1. The minimum atomic E-state index is -0.562. The SMILES string of the molecule is CC(C)CC(O)CCc1cc(F)cc(F)c1. The third-order valence-corrected chi connectivity index (χ3v) is 2.43. The Labute approximate surface area is 95.1 Å². The van der Waals surface area contributed by atoms with Gasteiger partial charge >= 0.3 is 0 Å². The lowest BCUT2D eigenvalue weighted by Gasteiger charge is -2.12. The van der Waals surface area contributed by atoms with E-state index in [1.165, 1.54) is 12.1 Å². The summed E-state index contributed by atoms with van der Waals surface area (Å²) in [4.78, 5) is 0. The zero-order valence-electron chi connectivity index (χ0n) is 9.71. The molecule has 1 N–H and O–H groups in total. The van der Waals surface area contributed by atoms with E-state index in [4.69, 9.17) is 0 Å². The van der Waals surface area contributed by atoms with Gasteiger partial charge in [0.15, 0.2) is 0 Å². The molecule has 0 aromatic heterocycles. The molecule has 0 aliphatic carbocycles. The van der Waals surface area contributed by atoms with Gasteiger partial charge in [0.05, 0.1) is 6.10 Å². The van der Waals surface area contributed by atoms with Gasteiger partial charge in [0.1, 0.15) is 11.6 Å². The van der Waals surface area contributed by atoms with E-state index in [0.29, 0.717) is 24.3 Å². The Morgan fingerprint density at radius 3 is 2.19 bits per heavy atom. The van der Waals surface area contributed by atoms with E-state index in [9.17, 15) is 13.9 Å². The lowest BCUT2D eigenvalue weighted by atomic mass is 10.00. The first-order chi connectivity index (χ1) is 7.47. The first-order valence-corrected chi connectivity index (χ1v) is 5.60. The minimum absolute atomic E-state index is 0.397. The highest BCUT2D eigenvalue weighted by Gasteiger charge is 2.08. The van der Waals surface area contributed by atoms with E-state index in [1.807, 2.05) is 13.8 Å². The molecule has 0 heterocycles. The number of hydrogen-bond donors (Lipinski definition) is 1. The van der Waals surface area contributed by atoms with Gasteiger partial charge in [0.25, 0.3) is 0 Å². The van der Waals surface area contributed by atoms with Crippen molar-refractivity contribution in [3.63, 3.8) is 0 Å². The molecule has 0 aliphatic heterocycles. The van der Waals surface area contributed by atoms with Gasteiger partial charge in [-0.3, -0.25) is 0 Å². The number of hydrogen-bond acceptors (Lipinski definition) is 1. The molecular weight excluding hydrogens is 210 g/mol. The van der Waals surface area contributed by atoms with Crippen LogP contribution in [-0.2, 0) is 6.42 Å². The molecule has 3 heteroatoms. The highest BCUT2D eigenvalue weighted by molar-refractivity contribution is 5.17. The van der Waals surface area contributed by atoms with Crippen molar-refractivity contribution < 1.29 is 13.9 Å². The van der Waals surface area contributed by atoms with Crippen molar-refractivity contribution >= 4 is 0 Å². The smallest absolute Gasteiger partial charge is 0.126 e. The van der Waals surface area contributed by atoms with Crippen molar-refractivity contribution in [2.75, 3.05) is 0 Å². The second-order valence-electron chi connectivity index (χ2n) is 4.60. The lowest BCUT2D eigenvalue weighted by Crippen LogP contribution is -2.11. The predicted molar refractivity (Wildman–Crippen MR) is 60.1 cm³/mol. The van der Waals surface area contributed by atoms with Gasteiger partial charge in [-0.05, 0) is 42.9 Å². The fourth-order valence-corrected chi connectivity index (χ4v) is 1.75. The fraction of sp³-hybridized carbons (Fsp3) is 0.538. The number of aliphatic hydroxyl groups is 1. The monoisotopic (exact) mass is 228 g/mol. The maximum Gasteiger partial charge on any atom is 0.126 e. The molecule has 1 nitrogen and oxygen atoms in total. The third-order valence-electron chi connectivity index (χ3n) is 2.43. The quantitative estimate of drug-likeness (QED) is 0.819. The molecule has 0 saturated heterocycles. The molecule has 1 rings (SSSR count). The summed E-state index contributed by atoms with van der Waals surface area (Å²) in [5, 5.41) is 9.63. The van der Waals surface area contributed by atoms with Crippen molar-refractivity contribution in [3.05, 3.63) is 35.4 Å². The molecule has 0 fully saturated rings. The van der Waals surface area contributed by atoms with Crippen LogP contribution < -0.4 is 0 Å². The van der Waals surface area contributed by atoms with Gasteiger partial charge < -0.3 is 5.11 Å². The van der Waals surface area contributed by atoms with Crippen LogP contribution in [0.3, 0.4) is 0 Å². The van der Waals surface area contributed by atoms with Crippen LogP contribution in [0.1, 0.15) is 32.3 Å². The molecule has 1 aromatic rings. The lowest BCUT2D eigenvalue weighted by molar-refractivity contribution is 0.139. The molecule has 0 bridgehead atoms. The van der Waals surface area contributed by atoms with Crippen LogP contribution in [0.15, 0.2) is 18.2 Å². The second-order valence-corrected chi connectivity index (χ2v) is 4.60. The molecule has 0 spiro atoms. The Bertz CT molecular complexity index is 316. The maximum atomic E-state index is 12.9. The van der Waals surface area contributed by atoms with E-state index in [1.54, 1.807) is 0 Å². The summed E-state index contributed by atoms with van der Waals surface area (Å²) >= 11 is 0. The summed E-state index contributed by atoms with van der Waals surface area (Å²) in [6.45, 7) is 4.07. The molecule has 0 radical (unpaired) electrons. The minimum Gasteiger partial charge on any atom is -0.393 e. The topological polar surface area (TPSA) is 20.2 Å². The Hall–Kier alpha value is -0.960. The van der Waals surface area contributed by atoms with Gasteiger partial charge in [-0.2, -0.15) is 0 Å². The summed E-state index contributed by atoms with van der Waals surface area (Å²) in [6.07, 6.45) is 1.37. The second kappa shape index (κ2) is 5.94. The molecule has 0 aliphatic rings. The van der Waals surface area contributed by atoms with Gasteiger partial charge in [0, 0.05) is 6.07 Å². The van der Waals surface area contributed by atoms with Crippen LogP contribution in [-0.4, -0.2) is 11.2 Å². The molecule has 16 heavy (non-hydrogen) atoms. The zero-order chi connectivity index (χ0) is 12.1. The van der Waals surface area contributed by atoms with E-state index >= 15 is 0 Å². The molecule has 1 atom stereocenters. The molecule has 1 unspecified atom stereocenters. The fourth-order valence-electron chi connectivity index (χ4n) is 1.75. The van der Waals surface area contributed by atoms with Crippen LogP contribution in [0.25, 0.3) is 0 Å².